The van der Waals surface area contributed by atoms with Gasteiger partial charge in [-0.25, -0.2) is 0 Å². The molecule has 4 rings (SSSR count). The molecule has 10 nitrogen and oxygen atoms in total. The average molecular weight is 464 g/mol. The van der Waals surface area contributed by atoms with Gasteiger partial charge in [0.15, 0.2) is 5.76 Å². The Morgan fingerprint density at radius 3 is 2.38 bits per heavy atom. The predicted molar refractivity (Wildman–Crippen MR) is 122 cm³/mol. The lowest BCUT2D eigenvalue weighted by Gasteiger charge is -2.10. The van der Waals surface area contributed by atoms with Crippen molar-refractivity contribution in [1.29, 1.82) is 0 Å². The van der Waals surface area contributed by atoms with Crippen molar-refractivity contribution in [2.24, 2.45) is 0 Å². The van der Waals surface area contributed by atoms with Crippen LogP contribution >= 0.6 is 0 Å². The van der Waals surface area contributed by atoms with Gasteiger partial charge in [-0.05, 0) is 48.5 Å². The molecule has 0 aliphatic rings. The first-order chi connectivity index (χ1) is 16.4. The summed E-state index contributed by atoms with van der Waals surface area (Å²) < 4.78 is 21.6. The maximum atomic E-state index is 12.7. The molecule has 1 amide bonds. The molecular formula is C24H20N2O8. The van der Waals surface area contributed by atoms with Gasteiger partial charge < -0.3 is 28.7 Å². The van der Waals surface area contributed by atoms with E-state index in [-0.39, 0.29) is 29.4 Å². The van der Waals surface area contributed by atoms with Crippen molar-refractivity contribution in [3.63, 3.8) is 0 Å². The molecule has 174 valence electrons. The number of nitrogens with zero attached hydrogens (tertiary/aromatic N) is 1. The highest BCUT2D eigenvalue weighted by atomic mass is 16.6. The Bertz CT molecular complexity index is 1350. The first-order valence-corrected chi connectivity index (χ1v) is 10.1. The molecule has 0 bridgehead atoms. The molecule has 0 fully saturated rings. The Kier molecular flexibility index (Phi) is 6.33. The van der Waals surface area contributed by atoms with Crippen LogP contribution in [0.15, 0.2) is 69.5 Å². The smallest absolute Gasteiger partial charge is 0.291 e. The number of aliphatic hydroxyl groups excluding tert-OH is 1. The average Bonchev–Trinajstić information content (AvgIpc) is 3.53. The van der Waals surface area contributed by atoms with Crippen LogP contribution in [-0.2, 0) is 6.61 Å². The molecule has 0 radical (unpaired) electrons. The van der Waals surface area contributed by atoms with Gasteiger partial charge in [0.2, 0.25) is 0 Å². The maximum absolute atomic E-state index is 12.7. The number of aliphatic hydroxyl groups is 1. The molecule has 2 aromatic heterocycles. The Hall–Kier alpha value is -4.57. The summed E-state index contributed by atoms with van der Waals surface area (Å²) in [6.07, 6.45) is 0. The lowest BCUT2D eigenvalue weighted by atomic mass is 10.1. The number of ether oxygens (including phenoxy) is 2. The molecule has 0 aliphatic carbocycles. The molecule has 0 saturated heterocycles. The minimum atomic E-state index is -0.545. The number of amides is 1. The van der Waals surface area contributed by atoms with E-state index >= 15 is 0 Å². The highest BCUT2D eigenvalue weighted by Gasteiger charge is 2.21. The monoisotopic (exact) mass is 464 g/mol. The maximum Gasteiger partial charge on any atom is 0.291 e. The Labute approximate surface area is 193 Å². The summed E-state index contributed by atoms with van der Waals surface area (Å²) in [6, 6.07) is 15.6. The van der Waals surface area contributed by atoms with Crippen LogP contribution in [0.2, 0.25) is 0 Å². The summed E-state index contributed by atoms with van der Waals surface area (Å²) in [5.74, 6) is 1.31. The summed E-state index contributed by atoms with van der Waals surface area (Å²) >= 11 is 0. The van der Waals surface area contributed by atoms with Crippen LogP contribution < -0.4 is 14.8 Å². The fourth-order valence-electron chi connectivity index (χ4n) is 3.38. The first-order valence-electron chi connectivity index (χ1n) is 10.1. The summed E-state index contributed by atoms with van der Waals surface area (Å²) in [5, 5.41) is 23.4. The number of nitro benzene ring substituents is 1. The fraction of sp³-hybridized carbons (Fsp3) is 0.125. The van der Waals surface area contributed by atoms with Gasteiger partial charge in [0.25, 0.3) is 11.6 Å². The van der Waals surface area contributed by atoms with Crippen LogP contribution in [0.4, 0.5) is 11.4 Å². The zero-order chi connectivity index (χ0) is 24.2. The second-order valence-electron chi connectivity index (χ2n) is 7.10. The molecule has 0 unspecified atom stereocenters. The van der Waals surface area contributed by atoms with Crippen molar-refractivity contribution in [2.75, 3.05) is 19.5 Å². The topological polar surface area (TPSA) is 137 Å². The number of nitro groups is 1. The van der Waals surface area contributed by atoms with Crippen LogP contribution in [0.1, 0.15) is 16.3 Å². The molecule has 4 aromatic rings. The van der Waals surface area contributed by atoms with Gasteiger partial charge in [0.05, 0.1) is 36.3 Å². The zero-order valence-electron chi connectivity index (χ0n) is 18.2. The first kappa shape index (κ1) is 22.6. The molecule has 0 atom stereocenters. The van der Waals surface area contributed by atoms with Crippen molar-refractivity contribution in [3.05, 3.63) is 82.3 Å². The van der Waals surface area contributed by atoms with E-state index < -0.39 is 10.8 Å². The number of hydrogen-bond donors (Lipinski definition) is 2. The van der Waals surface area contributed by atoms with Crippen LogP contribution in [0.3, 0.4) is 0 Å². The minimum Gasteiger partial charge on any atom is -0.497 e. The van der Waals surface area contributed by atoms with E-state index in [2.05, 4.69) is 5.32 Å². The molecule has 2 heterocycles. The Morgan fingerprint density at radius 1 is 0.971 bits per heavy atom. The van der Waals surface area contributed by atoms with Crippen molar-refractivity contribution in [2.45, 2.75) is 6.61 Å². The number of nitrogens with one attached hydrogen (secondary N) is 1. The third-order valence-electron chi connectivity index (χ3n) is 5.04. The lowest BCUT2D eigenvalue weighted by Crippen LogP contribution is -2.10. The number of benzene rings is 2. The van der Waals surface area contributed by atoms with Crippen LogP contribution in [0, 0.1) is 10.1 Å². The van der Waals surface area contributed by atoms with Crippen molar-refractivity contribution in [3.8, 4) is 34.1 Å². The summed E-state index contributed by atoms with van der Waals surface area (Å²) in [4.78, 5) is 23.6. The summed E-state index contributed by atoms with van der Waals surface area (Å²) in [7, 11) is 2.90. The molecule has 0 spiro atoms. The van der Waals surface area contributed by atoms with Crippen molar-refractivity contribution >= 4 is 17.3 Å². The lowest BCUT2D eigenvalue weighted by molar-refractivity contribution is -0.384. The zero-order valence-corrected chi connectivity index (χ0v) is 18.2. The summed E-state index contributed by atoms with van der Waals surface area (Å²) in [5.41, 5.74) is 1.10. The molecule has 2 aromatic carbocycles. The molecule has 10 heteroatoms. The molecule has 0 saturated carbocycles. The van der Waals surface area contributed by atoms with E-state index in [1.807, 2.05) is 0 Å². The van der Waals surface area contributed by atoms with Crippen molar-refractivity contribution < 1.29 is 33.1 Å². The predicted octanol–water partition coefficient (Wildman–Crippen LogP) is 4.88. The molecule has 0 aliphatic heterocycles. The number of furan rings is 2. The van der Waals surface area contributed by atoms with Gasteiger partial charge in [-0.2, -0.15) is 0 Å². The van der Waals surface area contributed by atoms with E-state index in [9.17, 15) is 20.0 Å². The van der Waals surface area contributed by atoms with E-state index in [0.717, 1.165) is 0 Å². The second-order valence-corrected chi connectivity index (χ2v) is 7.10. The highest BCUT2D eigenvalue weighted by Crippen LogP contribution is 2.35. The minimum absolute atomic E-state index is 0.0261. The van der Waals surface area contributed by atoms with Gasteiger partial charge in [-0.1, -0.05) is 0 Å². The van der Waals surface area contributed by atoms with E-state index in [0.29, 0.717) is 34.3 Å². The second kappa shape index (κ2) is 9.51. The van der Waals surface area contributed by atoms with Gasteiger partial charge in [-0.3, -0.25) is 14.9 Å². The number of methoxy groups -OCH3 is 2. The van der Waals surface area contributed by atoms with Crippen molar-refractivity contribution in [1.82, 2.24) is 0 Å². The quantitative estimate of drug-likeness (QED) is 0.278. The number of carbonyl (C=O) groups is 1. The van der Waals surface area contributed by atoms with Crippen LogP contribution in [0.25, 0.3) is 22.6 Å². The van der Waals surface area contributed by atoms with E-state index in [1.165, 1.54) is 38.5 Å². The number of carbonyl (C=O) groups excluding carboxylic acids is 1. The third-order valence-corrected chi connectivity index (χ3v) is 5.04. The third kappa shape index (κ3) is 4.48. The standard InChI is InChI=1S/C24H20N2O8/c1-31-15-4-7-17(19(12-15)26(29)30)20-9-10-22(34-20)24(28)25-14-3-6-18(23(11-14)32-2)21-8-5-16(13-27)33-21/h3-12,27H,13H2,1-2H3,(H,25,28). The van der Waals surface area contributed by atoms with E-state index in [1.54, 1.807) is 36.4 Å². The normalized spacial score (nSPS) is 10.7. The summed E-state index contributed by atoms with van der Waals surface area (Å²) in [6.45, 7) is -0.221. The van der Waals surface area contributed by atoms with Gasteiger partial charge in [0.1, 0.15) is 35.4 Å². The molecule has 2 N–H and O–H groups in total. The van der Waals surface area contributed by atoms with Crippen LogP contribution in [0.5, 0.6) is 11.5 Å². The SMILES string of the molecule is COc1ccc(-c2ccc(C(=O)Nc3ccc(-c4ccc(CO)o4)c(OC)c3)o2)c([N+](=O)[O-])c1. The van der Waals surface area contributed by atoms with Gasteiger partial charge >= 0.3 is 0 Å². The highest BCUT2D eigenvalue weighted by molar-refractivity contribution is 6.03. The Balaban J connectivity index is 1.56. The largest absolute Gasteiger partial charge is 0.497 e. The van der Waals surface area contributed by atoms with E-state index in [4.69, 9.17) is 18.3 Å². The number of hydrogen-bond acceptors (Lipinski definition) is 8. The molecule has 34 heavy (non-hydrogen) atoms. The number of anilines is 1. The fourth-order valence-corrected chi connectivity index (χ4v) is 3.38. The Morgan fingerprint density at radius 2 is 1.71 bits per heavy atom. The number of rotatable bonds is 8. The molecular weight excluding hydrogens is 444 g/mol. The van der Waals surface area contributed by atoms with Gasteiger partial charge in [0, 0.05) is 11.8 Å². The van der Waals surface area contributed by atoms with Crippen LogP contribution in [-0.4, -0.2) is 30.2 Å². The van der Waals surface area contributed by atoms with Gasteiger partial charge in [-0.15, -0.1) is 0 Å².